The van der Waals surface area contributed by atoms with Crippen LogP contribution in [0.2, 0.25) is 4.34 Å². The monoisotopic (exact) mass is 303 g/mol. The van der Waals surface area contributed by atoms with E-state index < -0.39 is 17.9 Å². The van der Waals surface area contributed by atoms with E-state index in [1.807, 2.05) is 13.8 Å². The summed E-state index contributed by atoms with van der Waals surface area (Å²) in [6, 6.07) is 2.67. The maximum atomic E-state index is 12.1. The van der Waals surface area contributed by atoms with Crippen molar-refractivity contribution >= 4 is 34.8 Å². The smallest absolute Gasteiger partial charge is 0.326 e. The summed E-state index contributed by atoms with van der Waals surface area (Å²) in [6.45, 7) is 5.45. The molecular formula is C13H18ClNO3S. The maximum absolute atomic E-state index is 12.1. The summed E-state index contributed by atoms with van der Waals surface area (Å²) < 4.78 is 0.617. The Morgan fingerprint density at radius 3 is 2.47 bits per heavy atom. The highest BCUT2D eigenvalue weighted by atomic mass is 35.5. The molecule has 0 aliphatic rings. The number of rotatable bonds is 6. The van der Waals surface area contributed by atoms with Crippen molar-refractivity contribution in [2.75, 3.05) is 0 Å². The van der Waals surface area contributed by atoms with Gasteiger partial charge in [-0.05, 0) is 25.0 Å². The van der Waals surface area contributed by atoms with Crippen molar-refractivity contribution in [2.24, 2.45) is 5.92 Å². The molecule has 19 heavy (non-hydrogen) atoms. The molecule has 1 amide bonds. The van der Waals surface area contributed by atoms with Crippen LogP contribution in [0.4, 0.5) is 0 Å². The van der Waals surface area contributed by atoms with Crippen molar-refractivity contribution in [3.8, 4) is 0 Å². The normalized spacial score (nSPS) is 15.6. The summed E-state index contributed by atoms with van der Waals surface area (Å²) in [5.41, 5.74) is 0. The van der Waals surface area contributed by atoms with Gasteiger partial charge in [0.1, 0.15) is 6.04 Å². The van der Waals surface area contributed by atoms with E-state index in [1.54, 1.807) is 19.1 Å². The van der Waals surface area contributed by atoms with Gasteiger partial charge in [-0.1, -0.05) is 31.9 Å². The van der Waals surface area contributed by atoms with Gasteiger partial charge in [-0.3, -0.25) is 4.79 Å². The van der Waals surface area contributed by atoms with Crippen LogP contribution in [0.15, 0.2) is 12.1 Å². The Bertz CT molecular complexity index is 460. The molecule has 0 aliphatic heterocycles. The Morgan fingerprint density at radius 1 is 1.42 bits per heavy atom. The molecule has 0 radical (unpaired) electrons. The predicted octanol–water partition coefficient (Wildman–Crippen LogP) is 3.12. The first-order chi connectivity index (χ1) is 8.86. The molecule has 106 valence electrons. The van der Waals surface area contributed by atoms with Gasteiger partial charge in [0.05, 0.1) is 10.3 Å². The molecule has 1 unspecified atom stereocenters. The van der Waals surface area contributed by atoms with Crippen LogP contribution in [0, 0.1) is 5.92 Å². The summed E-state index contributed by atoms with van der Waals surface area (Å²) in [7, 11) is 0. The molecule has 3 atom stereocenters. The minimum atomic E-state index is -1.00. The van der Waals surface area contributed by atoms with Gasteiger partial charge in [0.15, 0.2) is 0 Å². The number of amides is 1. The van der Waals surface area contributed by atoms with Gasteiger partial charge in [-0.25, -0.2) is 4.79 Å². The zero-order chi connectivity index (χ0) is 14.6. The Hall–Kier alpha value is -1.07. The third-order valence-electron chi connectivity index (χ3n) is 3.19. The number of thiophene rings is 1. The topological polar surface area (TPSA) is 66.4 Å². The minimum Gasteiger partial charge on any atom is -0.480 e. The number of hydrogen-bond acceptors (Lipinski definition) is 3. The zero-order valence-corrected chi connectivity index (χ0v) is 12.7. The Labute approximate surface area is 121 Å². The summed E-state index contributed by atoms with van der Waals surface area (Å²) in [6.07, 6.45) is 0.691. The highest BCUT2D eigenvalue weighted by Gasteiger charge is 2.28. The SMILES string of the molecule is CC[C@H](C)[C@H](NC(=O)C(C)c1ccc(Cl)s1)C(=O)O. The molecule has 1 heterocycles. The van der Waals surface area contributed by atoms with Crippen molar-refractivity contribution in [2.45, 2.75) is 39.2 Å². The van der Waals surface area contributed by atoms with Crippen molar-refractivity contribution < 1.29 is 14.7 Å². The number of carbonyl (C=O) groups is 2. The fourth-order valence-electron chi connectivity index (χ4n) is 1.65. The minimum absolute atomic E-state index is 0.111. The molecule has 4 nitrogen and oxygen atoms in total. The Balaban J connectivity index is 2.74. The molecule has 6 heteroatoms. The Morgan fingerprint density at radius 2 is 2.05 bits per heavy atom. The summed E-state index contributed by atoms with van der Waals surface area (Å²) in [5, 5.41) is 11.7. The molecular weight excluding hydrogens is 286 g/mol. The lowest BCUT2D eigenvalue weighted by Crippen LogP contribution is -2.46. The second kappa shape index (κ2) is 6.91. The van der Waals surface area contributed by atoms with E-state index in [-0.39, 0.29) is 11.8 Å². The number of nitrogens with one attached hydrogen (secondary N) is 1. The molecule has 1 aromatic rings. The quantitative estimate of drug-likeness (QED) is 0.848. The first-order valence-corrected chi connectivity index (χ1v) is 7.34. The Kier molecular flexibility index (Phi) is 5.82. The summed E-state index contributed by atoms with van der Waals surface area (Å²) in [4.78, 5) is 24.1. The van der Waals surface area contributed by atoms with Gasteiger partial charge in [0.25, 0.3) is 0 Å². The van der Waals surface area contributed by atoms with Crippen LogP contribution >= 0.6 is 22.9 Å². The molecule has 0 saturated heterocycles. The molecule has 0 fully saturated rings. The molecule has 0 bridgehead atoms. The second-order valence-electron chi connectivity index (χ2n) is 4.57. The van der Waals surface area contributed by atoms with E-state index in [1.165, 1.54) is 11.3 Å². The number of hydrogen-bond donors (Lipinski definition) is 2. The number of carboxylic acids is 1. The van der Waals surface area contributed by atoms with Gasteiger partial charge in [-0.2, -0.15) is 0 Å². The first-order valence-electron chi connectivity index (χ1n) is 6.15. The van der Waals surface area contributed by atoms with E-state index in [0.29, 0.717) is 10.8 Å². The van der Waals surface area contributed by atoms with Crippen LogP contribution in [0.5, 0.6) is 0 Å². The average Bonchev–Trinajstić information content (AvgIpc) is 2.80. The molecule has 0 aliphatic carbocycles. The van der Waals surface area contributed by atoms with Crippen molar-refractivity contribution in [1.82, 2.24) is 5.32 Å². The summed E-state index contributed by atoms with van der Waals surface area (Å²) >= 11 is 7.16. The highest BCUT2D eigenvalue weighted by Crippen LogP contribution is 2.28. The van der Waals surface area contributed by atoms with Gasteiger partial charge in [-0.15, -0.1) is 11.3 Å². The maximum Gasteiger partial charge on any atom is 0.326 e. The number of halogens is 1. The van der Waals surface area contributed by atoms with E-state index in [0.717, 1.165) is 4.88 Å². The van der Waals surface area contributed by atoms with Gasteiger partial charge >= 0.3 is 5.97 Å². The van der Waals surface area contributed by atoms with Gasteiger partial charge < -0.3 is 10.4 Å². The lowest BCUT2D eigenvalue weighted by Gasteiger charge is -2.21. The number of carbonyl (C=O) groups excluding carboxylic acids is 1. The van der Waals surface area contributed by atoms with Crippen molar-refractivity contribution in [3.05, 3.63) is 21.3 Å². The van der Waals surface area contributed by atoms with Crippen molar-refractivity contribution in [1.29, 1.82) is 0 Å². The van der Waals surface area contributed by atoms with E-state index in [2.05, 4.69) is 5.32 Å². The largest absolute Gasteiger partial charge is 0.480 e. The van der Waals surface area contributed by atoms with Crippen LogP contribution < -0.4 is 5.32 Å². The zero-order valence-electron chi connectivity index (χ0n) is 11.1. The molecule has 0 spiro atoms. The molecule has 0 aromatic carbocycles. The predicted molar refractivity (Wildman–Crippen MR) is 76.8 cm³/mol. The third kappa shape index (κ3) is 4.21. The lowest BCUT2D eigenvalue weighted by molar-refractivity contribution is -0.143. The third-order valence-corrected chi connectivity index (χ3v) is 4.60. The standard InChI is InChI=1S/C13H18ClNO3S/c1-4-7(2)11(13(17)18)15-12(16)8(3)9-5-6-10(14)19-9/h5-8,11H,4H2,1-3H3,(H,15,16)(H,17,18)/t7-,8?,11-/m0/s1. The molecule has 2 N–H and O–H groups in total. The fraction of sp³-hybridized carbons (Fsp3) is 0.538. The second-order valence-corrected chi connectivity index (χ2v) is 6.32. The van der Waals surface area contributed by atoms with Crippen LogP contribution in [0.25, 0.3) is 0 Å². The fourth-order valence-corrected chi connectivity index (χ4v) is 2.76. The molecule has 0 saturated carbocycles. The van der Waals surface area contributed by atoms with Crippen LogP contribution in [-0.2, 0) is 9.59 Å². The number of carboxylic acid groups (broad SMARTS) is 1. The molecule has 1 rings (SSSR count). The highest BCUT2D eigenvalue weighted by molar-refractivity contribution is 7.16. The van der Waals surface area contributed by atoms with Crippen LogP contribution in [-0.4, -0.2) is 23.0 Å². The van der Waals surface area contributed by atoms with Gasteiger partial charge in [0, 0.05) is 4.88 Å². The van der Waals surface area contributed by atoms with Gasteiger partial charge in [0.2, 0.25) is 5.91 Å². The first kappa shape index (κ1) is 16.0. The summed E-state index contributed by atoms with van der Waals surface area (Å²) in [5.74, 6) is -1.80. The average molecular weight is 304 g/mol. The molecule has 1 aromatic heterocycles. The van der Waals surface area contributed by atoms with E-state index >= 15 is 0 Å². The van der Waals surface area contributed by atoms with E-state index in [4.69, 9.17) is 16.7 Å². The van der Waals surface area contributed by atoms with Crippen LogP contribution in [0.3, 0.4) is 0 Å². The number of aliphatic carboxylic acids is 1. The van der Waals surface area contributed by atoms with Crippen LogP contribution in [0.1, 0.15) is 38.0 Å². The van der Waals surface area contributed by atoms with Crippen molar-refractivity contribution in [3.63, 3.8) is 0 Å². The van der Waals surface area contributed by atoms with E-state index in [9.17, 15) is 9.59 Å². The lowest BCUT2D eigenvalue weighted by atomic mass is 9.98.